The number of piperidine rings is 1. The van der Waals surface area contributed by atoms with Crippen molar-refractivity contribution >= 4 is 21.7 Å². The van der Waals surface area contributed by atoms with Crippen molar-refractivity contribution in [1.29, 1.82) is 0 Å². The molecule has 2 heterocycles. The van der Waals surface area contributed by atoms with Crippen LogP contribution < -0.4 is 4.90 Å². The van der Waals surface area contributed by atoms with Crippen molar-refractivity contribution in [2.45, 2.75) is 32.1 Å². The summed E-state index contributed by atoms with van der Waals surface area (Å²) in [6, 6.07) is 6.04. The van der Waals surface area contributed by atoms with E-state index in [4.69, 9.17) is 0 Å². The van der Waals surface area contributed by atoms with E-state index in [-0.39, 0.29) is 16.6 Å². The zero-order chi connectivity index (χ0) is 21.2. The molecule has 3 rings (SSSR count). The number of nitrogens with one attached hydrogen (secondary N) is 1. The molecule has 0 radical (unpaired) electrons. The van der Waals surface area contributed by atoms with Crippen LogP contribution in [0.2, 0.25) is 0 Å². The van der Waals surface area contributed by atoms with Gasteiger partial charge in [0.25, 0.3) is 5.91 Å². The lowest BCUT2D eigenvalue weighted by Gasteiger charge is -2.36. The summed E-state index contributed by atoms with van der Waals surface area (Å²) < 4.78 is 27.2. The SMILES string of the molecule is CC(=O)c1ccc(S(=O)(=O)N2CCN(C(=O)C[NH+]3C[C@H](C)C[C@@H](C)C3)CC2)cc1. The molecular weight excluding hydrogens is 390 g/mol. The summed E-state index contributed by atoms with van der Waals surface area (Å²) in [6.45, 7) is 9.92. The van der Waals surface area contributed by atoms with Crippen LogP contribution in [0, 0.1) is 11.8 Å². The number of nitrogens with zero attached hydrogens (tertiary/aromatic N) is 2. The molecule has 1 aromatic carbocycles. The van der Waals surface area contributed by atoms with Crippen molar-refractivity contribution in [3.63, 3.8) is 0 Å². The number of hydrogen-bond acceptors (Lipinski definition) is 4. The molecule has 0 aliphatic carbocycles. The number of quaternary nitrogens is 1. The predicted octanol–water partition coefficient (Wildman–Crippen LogP) is 0.283. The van der Waals surface area contributed by atoms with Crippen molar-refractivity contribution in [2.24, 2.45) is 11.8 Å². The molecule has 1 aromatic rings. The van der Waals surface area contributed by atoms with E-state index in [1.54, 1.807) is 17.0 Å². The van der Waals surface area contributed by atoms with Gasteiger partial charge in [0.1, 0.15) is 0 Å². The van der Waals surface area contributed by atoms with E-state index >= 15 is 0 Å². The highest BCUT2D eigenvalue weighted by atomic mass is 32.2. The summed E-state index contributed by atoms with van der Waals surface area (Å²) in [6.07, 6.45) is 1.22. The molecule has 2 aliphatic heterocycles. The number of benzene rings is 1. The van der Waals surface area contributed by atoms with E-state index in [2.05, 4.69) is 13.8 Å². The number of Topliss-reactive ketones (excluding diaryl/α,β-unsaturated/α-hetero) is 1. The smallest absolute Gasteiger partial charge is 0.277 e. The summed E-state index contributed by atoms with van der Waals surface area (Å²) in [4.78, 5) is 27.4. The first-order valence-corrected chi connectivity index (χ1v) is 11.8. The van der Waals surface area contributed by atoms with Crippen LogP contribution in [-0.2, 0) is 14.8 Å². The van der Waals surface area contributed by atoms with Crippen molar-refractivity contribution in [2.75, 3.05) is 45.8 Å². The lowest BCUT2D eigenvalue weighted by Crippen LogP contribution is -3.15. The van der Waals surface area contributed by atoms with Crippen molar-refractivity contribution < 1.29 is 22.9 Å². The first-order valence-electron chi connectivity index (χ1n) is 10.4. The highest BCUT2D eigenvalue weighted by Gasteiger charge is 2.33. The summed E-state index contributed by atoms with van der Waals surface area (Å²) in [5, 5.41) is 0. The number of piperazine rings is 1. The molecule has 2 atom stereocenters. The summed E-state index contributed by atoms with van der Waals surface area (Å²) >= 11 is 0. The molecule has 2 aliphatic rings. The monoisotopic (exact) mass is 422 g/mol. The minimum Gasteiger partial charge on any atom is -0.335 e. The maximum absolute atomic E-state index is 12.9. The number of likely N-dealkylation sites (tertiary alicyclic amines) is 1. The van der Waals surface area contributed by atoms with Crippen LogP contribution in [0.4, 0.5) is 0 Å². The molecule has 7 nitrogen and oxygen atoms in total. The Morgan fingerprint density at radius 2 is 1.55 bits per heavy atom. The fourth-order valence-corrected chi connectivity index (χ4v) is 6.00. The lowest BCUT2D eigenvalue weighted by molar-refractivity contribution is -0.904. The van der Waals surface area contributed by atoms with Crippen LogP contribution in [0.3, 0.4) is 0 Å². The van der Waals surface area contributed by atoms with Crippen LogP contribution in [0.1, 0.15) is 37.6 Å². The second kappa shape index (κ2) is 8.93. The number of rotatable bonds is 5. The summed E-state index contributed by atoms with van der Waals surface area (Å²) in [5.74, 6) is 1.29. The average Bonchev–Trinajstić information content (AvgIpc) is 2.67. The predicted molar refractivity (Wildman–Crippen MR) is 110 cm³/mol. The van der Waals surface area contributed by atoms with E-state index < -0.39 is 10.0 Å². The minimum absolute atomic E-state index is 0.0966. The second-order valence-electron chi connectivity index (χ2n) is 8.65. The molecular formula is C21H32N3O4S+. The topological polar surface area (TPSA) is 79.2 Å². The summed E-state index contributed by atoms with van der Waals surface area (Å²) in [5.41, 5.74) is 0.489. The molecule has 0 spiro atoms. The minimum atomic E-state index is -3.62. The zero-order valence-electron chi connectivity index (χ0n) is 17.6. The highest BCUT2D eigenvalue weighted by Crippen LogP contribution is 2.19. The van der Waals surface area contributed by atoms with Gasteiger partial charge in [-0.3, -0.25) is 9.59 Å². The molecule has 2 fully saturated rings. The third-order valence-electron chi connectivity index (χ3n) is 5.97. The zero-order valence-corrected chi connectivity index (χ0v) is 18.4. The normalized spacial score (nSPS) is 26.3. The van der Waals surface area contributed by atoms with Gasteiger partial charge in [0.05, 0.1) is 18.0 Å². The Balaban J connectivity index is 1.56. The van der Waals surface area contributed by atoms with Crippen LogP contribution >= 0.6 is 0 Å². The van der Waals surface area contributed by atoms with Gasteiger partial charge >= 0.3 is 0 Å². The number of ketones is 1. The first kappa shape index (κ1) is 21.9. The molecule has 29 heavy (non-hydrogen) atoms. The quantitative estimate of drug-likeness (QED) is 0.692. The van der Waals surface area contributed by atoms with Crippen LogP contribution in [0.15, 0.2) is 29.2 Å². The molecule has 1 amide bonds. The number of carbonyl (C=O) groups is 2. The van der Waals surface area contributed by atoms with Gasteiger partial charge in [-0.15, -0.1) is 0 Å². The van der Waals surface area contributed by atoms with Crippen LogP contribution in [0.25, 0.3) is 0 Å². The van der Waals surface area contributed by atoms with Gasteiger partial charge in [-0.05, 0) is 25.5 Å². The van der Waals surface area contributed by atoms with Gasteiger partial charge in [0, 0.05) is 43.6 Å². The number of amides is 1. The number of carbonyl (C=O) groups excluding carboxylic acids is 2. The Morgan fingerprint density at radius 3 is 2.07 bits per heavy atom. The van der Waals surface area contributed by atoms with E-state index in [0.717, 1.165) is 13.1 Å². The van der Waals surface area contributed by atoms with E-state index in [1.165, 1.54) is 34.7 Å². The third kappa shape index (κ3) is 5.24. The van der Waals surface area contributed by atoms with Crippen LogP contribution in [-0.4, -0.2) is 75.1 Å². The molecule has 0 bridgehead atoms. The van der Waals surface area contributed by atoms with Gasteiger partial charge in [-0.25, -0.2) is 8.42 Å². The molecule has 0 aromatic heterocycles. The molecule has 160 valence electrons. The average molecular weight is 423 g/mol. The van der Waals surface area contributed by atoms with Crippen molar-refractivity contribution in [1.82, 2.24) is 9.21 Å². The van der Waals surface area contributed by atoms with Gasteiger partial charge in [-0.2, -0.15) is 4.31 Å². The van der Waals surface area contributed by atoms with Crippen LogP contribution in [0.5, 0.6) is 0 Å². The van der Waals surface area contributed by atoms with E-state index in [1.807, 2.05) is 0 Å². The van der Waals surface area contributed by atoms with E-state index in [9.17, 15) is 18.0 Å². The Bertz CT molecular complexity index is 835. The summed E-state index contributed by atoms with van der Waals surface area (Å²) in [7, 11) is -3.62. The molecule has 1 N–H and O–H groups in total. The number of hydrogen-bond donors (Lipinski definition) is 1. The molecule has 0 saturated carbocycles. The lowest BCUT2D eigenvalue weighted by atomic mass is 9.92. The molecule has 2 saturated heterocycles. The van der Waals surface area contributed by atoms with Gasteiger partial charge in [0.15, 0.2) is 12.3 Å². The number of sulfonamides is 1. The Morgan fingerprint density at radius 1 is 1.00 bits per heavy atom. The van der Waals surface area contributed by atoms with Crippen molar-refractivity contribution in [3.05, 3.63) is 29.8 Å². The standard InChI is InChI=1S/C21H31N3O4S/c1-16-12-17(2)14-22(13-16)15-21(26)23-8-10-24(11-9-23)29(27,28)20-6-4-19(5-7-20)18(3)25/h4-7,16-17H,8-15H2,1-3H3/p+1/t16-,17-/m1/s1. The first-order chi connectivity index (χ1) is 13.7. The molecule has 0 unspecified atom stereocenters. The largest absolute Gasteiger partial charge is 0.335 e. The van der Waals surface area contributed by atoms with Crippen molar-refractivity contribution in [3.8, 4) is 0 Å². The Labute approximate surface area is 173 Å². The Hall–Kier alpha value is -1.77. The second-order valence-corrected chi connectivity index (χ2v) is 10.6. The fourth-order valence-electron chi connectivity index (χ4n) is 4.58. The maximum Gasteiger partial charge on any atom is 0.277 e. The van der Waals surface area contributed by atoms with E-state index in [0.29, 0.717) is 50.1 Å². The third-order valence-corrected chi connectivity index (χ3v) is 7.88. The Kier molecular flexibility index (Phi) is 6.76. The molecule has 8 heteroatoms. The van der Waals surface area contributed by atoms with Gasteiger partial charge < -0.3 is 9.80 Å². The highest BCUT2D eigenvalue weighted by molar-refractivity contribution is 7.89. The maximum atomic E-state index is 12.9. The fraction of sp³-hybridized carbons (Fsp3) is 0.619. The van der Waals surface area contributed by atoms with Gasteiger partial charge in [0.2, 0.25) is 10.0 Å². The van der Waals surface area contributed by atoms with Gasteiger partial charge in [-0.1, -0.05) is 26.0 Å².